The van der Waals surface area contributed by atoms with Gasteiger partial charge in [0.1, 0.15) is 16.9 Å². The second-order valence-electron chi connectivity index (χ2n) is 4.40. The minimum atomic E-state index is 0.285. The molecule has 3 rings (SSSR count). The van der Waals surface area contributed by atoms with Crippen LogP contribution in [0.4, 0.5) is 0 Å². The van der Waals surface area contributed by atoms with Gasteiger partial charge in [0.25, 0.3) is 0 Å². The van der Waals surface area contributed by atoms with E-state index in [0.717, 1.165) is 35.8 Å². The third-order valence-electron chi connectivity index (χ3n) is 3.28. The van der Waals surface area contributed by atoms with E-state index in [1.54, 1.807) is 18.1 Å². The zero-order valence-electron chi connectivity index (χ0n) is 10.5. The van der Waals surface area contributed by atoms with Gasteiger partial charge in [-0.3, -0.25) is 0 Å². The van der Waals surface area contributed by atoms with Crippen LogP contribution in [-0.4, -0.2) is 37.5 Å². The molecule has 0 saturated carbocycles. The van der Waals surface area contributed by atoms with E-state index in [0.29, 0.717) is 5.25 Å². The fourth-order valence-electron chi connectivity index (χ4n) is 2.19. The molecule has 5 nitrogen and oxygen atoms in total. The molecule has 0 amide bonds. The molecule has 2 atom stereocenters. The Balaban J connectivity index is 1.94. The number of hydrogen-bond acceptors (Lipinski definition) is 5. The first-order chi connectivity index (χ1) is 8.79. The first kappa shape index (κ1) is 11.9. The number of ether oxygens (including phenoxy) is 1. The zero-order valence-corrected chi connectivity index (χ0v) is 11.4. The lowest BCUT2D eigenvalue weighted by molar-refractivity contribution is 0.127. The van der Waals surface area contributed by atoms with Gasteiger partial charge in [0.05, 0.1) is 12.4 Å². The van der Waals surface area contributed by atoms with Crippen LogP contribution in [0.2, 0.25) is 0 Å². The topological polar surface area (TPSA) is 52.8 Å². The van der Waals surface area contributed by atoms with Crippen molar-refractivity contribution in [3.8, 4) is 0 Å². The van der Waals surface area contributed by atoms with Gasteiger partial charge < -0.3 is 9.30 Å². The van der Waals surface area contributed by atoms with Crippen LogP contribution in [0.25, 0.3) is 11.2 Å². The number of aryl methyl sites for hydroxylation is 1. The summed E-state index contributed by atoms with van der Waals surface area (Å²) in [6.45, 7) is 5.92. The van der Waals surface area contributed by atoms with Gasteiger partial charge in [-0.25, -0.2) is 15.0 Å². The fraction of sp³-hybridized carbons (Fsp3) is 0.583. The number of hydrogen-bond donors (Lipinski definition) is 0. The van der Waals surface area contributed by atoms with Crippen molar-refractivity contribution in [2.45, 2.75) is 43.2 Å². The quantitative estimate of drug-likeness (QED) is 0.795. The van der Waals surface area contributed by atoms with Crippen molar-refractivity contribution in [3.63, 3.8) is 0 Å². The van der Waals surface area contributed by atoms with Gasteiger partial charge in [0.2, 0.25) is 0 Å². The van der Waals surface area contributed by atoms with Crippen molar-refractivity contribution in [3.05, 3.63) is 12.7 Å². The van der Waals surface area contributed by atoms with Crippen LogP contribution in [0.15, 0.2) is 17.7 Å². The summed E-state index contributed by atoms with van der Waals surface area (Å²) in [7, 11) is 0. The molecule has 2 unspecified atom stereocenters. The number of imidazole rings is 1. The molecule has 0 aliphatic carbocycles. The van der Waals surface area contributed by atoms with Crippen LogP contribution in [0.1, 0.15) is 20.3 Å². The predicted molar refractivity (Wildman–Crippen MR) is 70.7 cm³/mol. The van der Waals surface area contributed by atoms with Crippen molar-refractivity contribution in [2.75, 3.05) is 6.61 Å². The molecule has 2 aromatic heterocycles. The van der Waals surface area contributed by atoms with Gasteiger partial charge >= 0.3 is 0 Å². The number of aromatic nitrogens is 4. The van der Waals surface area contributed by atoms with Crippen LogP contribution in [0.3, 0.4) is 0 Å². The Kier molecular flexibility index (Phi) is 3.22. The first-order valence-electron chi connectivity index (χ1n) is 6.23. The van der Waals surface area contributed by atoms with Gasteiger partial charge in [-0.2, -0.15) is 0 Å². The Hall–Kier alpha value is -1.14. The first-order valence-corrected chi connectivity index (χ1v) is 7.11. The van der Waals surface area contributed by atoms with Crippen LogP contribution < -0.4 is 0 Å². The summed E-state index contributed by atoms with van der Waals surface area (Å²) >= 11 is 1.76. The number of nitrogens with zero attached hydrogens (tertiary/aromatic N) is 4. The summed E-state index contributed by atoms with van der Waals surface area (Å²) in [5.41, 5.74) is 1.82. The standard InChI is InChI=1S/C12H16N4OS/c1-3-16-7-15-10-11(16)13-6-14-12(10)18-9-4-5-17-8(9)2/h6-9H,3-5H2,1-2H3. The van der Waals surface area contributed by atoms with Crippen LogP contribution in [-0.2, 0) is 11.3 Å². The maximum absolute atomic E-state index is 5.59. The molecule has 0 spiro atoms. The number of fused-ring (bicyclic) bond motifs is 1. The van der Waals surface area contributed by atoms with E-state index in [1.165, 1.54) is 0 Å². The monoisotopic (exact) mass is 264 g/mol. The molecule has 18 heavy (non-hydrogen) atoms. The minimum Gasteiger partial charge on any atom is -0.377 e. The average Bonchev–Trinajstić information content (AvgIpc) is 2.97. The van der Waals surface area contributed by atoms with E-state index in [2.05, 4.69) is 28.8 Å². The molecule has 2 aromatic rings. The lowest BCUT2D eigenvalue weighted by Gasteiger charge is -2.12. The summed E-state index contributed by atoms with van der Waals surface area (Å²) in [5, 5.41) is 1.43. The second-order valence-corrected chi connectivity index (χ2v) is 5.63. The molecule has 1 aliphatic rings. The third-order valence-corrected chi connectivity index (χ3v) is 4.72. The molecule has 0 N–H and O–H groups in total. The van der Waals surface area contributed by atoms with Gasteiger partial charge in [0, 0.05) is 18.4 Å². The number of thioether (sulfide) groups is 1. The third kappa shape index (κ3) is 1.99. The largest absolute Gasteiger partial charge is 0.377 e. The highest BCUT2D eigenvalue weighted by atomic mass is 32.2. The van der Waals surface area contributed by atoms with E-state index < -0.39 is 0 Å². The highest BCUT2D eigenvalue weighted by Crippen LogP contribution is 2.33. The summed E-state index contributed by atoms with van der Waals surface area (Å²) in [5.74, 6) is 0. The summed E-state index contributed by atoms with van der Waals surface area (Å²) in [6.07, 6.45) is 4.82. The lowest BCUT2D eigenvalue weighted by atomic mass is 10.3. The molecule has 0 aromatic carbocycles. The highest BCUT2D eigenvalue weighted by molar-refractivity contribution is 8.00. The lowest BCUT2D eigenvalue weighted by Crippen LogP contribution is -2.13. The van der Waals surface area contributed by atoms with E-state index >= 15 is 0 Å². The molecule has 1 fully saturated rings. The number of rotatable bonds is 3. The SMILES string of the molecule is CCn1cnc2c(SC3CCOC3C)ncnc21. The Labute approximate surface area is 110 Å². The van der Waals surface area contributed by atoms with Crippen molar-refractivity contribution in [1.29, 1.82) is 0 Å². The Morgan fingerprint density at radius 3 is 3.06 bits per heavy atom. The van der Waals surface area contributed by atoms with Crippen LogP contribution in [0.5, 0.6) is 0 Å². The van der Waals surface area contributed by atoms with Gasteiger partial charge in [-0.15, -0.1) is 0 Å². The second kappa shape index (κ2) is 4.85. The highest BCUT2D eigenvalue weighted by Gasteiger charge is 2.26. The Bertz CT molecular complexity index is 556. The van der Waals surface area contributed by atoms with Crippen molar-refractivity contribution < 1.29 is 4.74 Å². The van der Waals surface area contributed by atoms with Crippen LogP contribution in [0, 0.1) is 0 Å². The minimum absolute atomic E-state index is 0.285. The Morgan fingerprint density at radius 1 is 1.44 bits per heavy atom. The van der Waals surface area contributed by atoms with E-state index in [4.69, 9.17) is 4.74 Å². The molecule has 6 heteroatoms. The molecular weight excluding hydrogens is 248 g/mol. The van der Waals surface area contributed by atoms with E-state index in [9.17, 15) is 0 Å². The molecule has 96 valence electrons. The fourth-order valence-corrected chi connectivity index (χ4v) is 3.32. The van der Waals surface area contributed by atoms with Gasteiger partial charge in [-0.05, 0) is 20.3 Å². The molecule has 1 saturated heterocycles. The van der Waals surface area contributed by atoms with Gasteiger partial charge in [-0.1, -0.05) is 11.8 Å². The van der Waals surface area contributed by atoms with E-state index in [-0.39, 0.29) is 6.10 Å². The molecule has 0 radical (unpaired) electrons. The average molecular weight is 264 g/mol. The summed E-state index contributed by atoms with van der Waals surface area (Å²) in [6, 6.07) is 0. The van der Waals surface area contributed by atoms with Crippen molar-refractivity contribution >= 4 is 22.9 Å². The molecular formula is C12H16N4OS. The maximum Gasteiger partial charge on any atom is 0.164 e. The molecule has 1 aliphatic heterocycles. The normalized spacial score (nSPS) is 23.9. The summed E-state index contributed by atoms with van der Waals surface area (Å²) in [4.78, 5) is 13.1. The zero-order chi connectivity index (χ0) is 12.5. The smallest absolute Gasteiger partial charge is 0.164 e. The van der Waals surface area contributed by atoms with Gasteiger partial charge in [0.15, 0.2) is 5.65 Å². The predicted octanol–water partition coefficient (Wildman–Crippen LogP) is 2.12. The van der Waals surface area contributed by atoms with E-state index in [1.807, 2.05) is 10.9 Å². The van der Waals surface area contributed by atoms with Crippen molar-refractivity contribution in [1.82, 2.24) is 19.5 Å². The van der Waals surface area contributed by atoms with Crippen LogP contribution >= 0.6 is 11.8 Å². The summed E-state index contributed by atoms with van der Waals surface area (Å²) < 4.78 is 7.62. The molecule has 3 heterocycles. The van der Waals surface area contributed by atoms with Crippen molar-refractivity contribution in [2.24, 2.45) is 0 Å². The Morgan fingerprint density at radius 2 is 2.33 bits per heavy atom. The molecule has 0 bridgehead atoms. The maximum atomic E-state index is 5.59.